The molecular weight excluding hydrogens is 174 g/mol. The minimum atomic E-state index is 0.702. The molecule has 2 heteroatoms. The first-order chi connectivity index (χ1) is 6.81. The van der Waals surface area contributed by atoms with E-state index in [1.165, 1.54) is 5.56 Å². The van der Waals surface area contributed by atoms with Gasteiger partial charge in [0.2, 0.25) is 0 Å². The number of aromatic nitrogens is 1. The summed E-state index contributed by atoms with van der Waals surface area (Å²) in [5, 5.41) is 0. The molecule has 1 aromatic heterocycles. The molecular formula is C12H11NO. The highest BCUT2D eigenvalue weighted by Crippen LogP contribution is 2.14. The molecule has 0 N–H and O–H groups in total. The Balaban J connectivity index is 2.49. The third kappa shape index (κ3) is 1.46. The fourth-order valence-corrected chi connectivity index (χ4v) is 1.49. The molecule has 0 spiro atoms. The summed E-state index contributed by atoms with van der Waals surface area (Å²) < 4.78 is 1.96. The van der Waals surface area contributed by atoms with Gasteiger partial charge in [-0.25, -0.2) is 0 Å². The predicted molar refractivity (Wildman–Crippen MR) is 55.9 cm³/mol. The molecule has 0 aliphatic heterocycles. The van der Waals surface area contributed by atoms with Crippen molar-refractivity contribution in [3.63, 3.8) is 0 Å². The van der Waals surface area contributed by atoms with Gasteiger partial charge in [-0.15, -0.1) is 0 Å². The van der Waals surface area contributed by atoms with Crippen LogP contribution in [0.5, 0.6) is 0 Å². The first kappa shape index (κ1) is 8.75. The second-order valence-electron chi connectivity index (χ2n) is 3.26. The van der Waals surface area contributed by atoms with E-state index in [4.69, 9.17) is 0 Å². The number of para-hydroxylation sites is 1. The van der Waals surface area contributed by atoms with Crippen LogP contribution in [0.4, 0.5) is 0 Å². The molecule has 1 heterocycles. The molecule has 0 unspecified atom stereocenters. The van der Waals surface area contributed by atoms with E-state index < -0.39 is 0 Å². The Morgan fingerprint density at radius 3 is 2.64 bits per heavy atom. The smallest absolute Gasteiger partial charge is 0.151 e. The van der Waals surface area contributed by atoms with Gasteiger partial charge in [0.15, 0.2) is 6.29 Å². The SMILES string of the molecule is Cc1ccccc1-n1ccc(C=O)c1. The molecule has 0 amide bonds. The van der Waals surface area contributed by atoms with Gasteiger partial charge in [0.25, 0.3) is 0 Å². The molecule has 2 rings (SSSR count). The Kier molecular flexibility index (Phi) is 2.19. The largest absolute Gasteiger partial charge is 0.323 e. The summed E-state index contributed by atoms with van der Waals surface area (Å²) in [7, 11) is 0. The van der Waals surface area contributed by atoms with Crippen molar-refractivity contribution in [2.75, 3.05) is 0 Å². The zero-order chi connectivity index (χ0) is 9.97. The van der Waals surface area contributed by atoms with Gasteiger partial charge >= 0.3 is 0 Å². The van der Waals surface area contributed by atoms with Crippen LogP contribution < -0.4 is 0 Å². The topological polar surface area (TPSA) is 22.0 Å². The molecule has 0 aliphatic carbocycles. The molecule has 14 heavy (non-hydrogen) atoms. The first-order valence-corrected chi connectivity index (χ1v) is 4.50. The first-order valence-electron chi connectivity index (χ1n) is 4.50. The lowest BCUT2D eigenvalue weighted by atomic mass is 10.2. The van der Waals surface area contributed by atoms with E-state index in [2.05, 4.69) is 13.0 Å². The molecule has 0 saturated carbocycles. The lowest BCUT2D eigenvalue weighted by molar-refractivity contribution is 0.112. The zero-order valence-electron chi connectivity index (χ0n) is 7.97. The van der Waals surface area contributed by atoms with Crippen LogP contribution >= 0.6 is 0 Å². The van der Waals surface area contributed by atoms with Crippen molar-refractivity contribution in [2.24, 2.45) is 0 Å². The number of carbonyl (C=O) groups excluding carboxylic acids is 1. The van der Waals surface area contributed by atoms with Gasteiger partial charge in [-0.3, -0.25) is 4.79 Å². The minimum absolute atomic E-state index is 0.702. The number of rotatable bonds is 2. The second-order valence-corrected chi connectivity index (χ2v) is 3.26. The van der Waals surface area contributed by atoms with Crippen molar-refractivity contribution in [3.8, 4) is 5.69 Å². The molecule has 0 atom stereocenters. The summed E-state index contributed by atoms with van der Waals surface area (Å²) in [6.07, 6.45) is 4.58. The van der Waals surface area contributed by atoms with Gasteiger partial charge in [-0.05, 0) is 24.6 Å². The summed E-state index contributed by atoms with van der Waals surface area (Å²) in [5.74, 6) is 0. The quantitative estimate of drug-likeness (QED) is 0.659. The van der Waals surface area contributed by atoms with Crippen molar-refractivity contribution in [1.29, 1.82) is 0 Å². The lowest BCUT2D eigenvalue weighted by Crippen LogP contribution is -1.92. The number of nitrogens with zero attached hydrogens (tertiary/aromatic N) is 1. The third-order valence-corrected chi connectivity index (χ3v) is 2.25. The van der Waals surface area contributed by atoms with Crippen LogP contribution in [0, 0.1) is 6.92 Å². The van der Waals surface area contributed by atoms with E-state index in [-0.39, 0.29) is 0 Å². The molecule has 0 aliphatic rings. The molecule has 0 saturated heterocycles. The van der Waals surface area contributed by atoms with E-state index >= 15 is 0 Å². The predicted octanol–water partition coefficient (Wildman–Crippen LogP) is 2.60. The molecule has 70 valence electrons. The van der Waals surface area contributed by atoms with Gasteiger partial charge in [0.1, 0.15) is 0 Å². The van der Waals surface area contributed by atoms with Crippen LogP contribution in [0.2, 0.25) is 0 Å². The fourth-order valence-electron chi connectivity index (χ4n) is 1.49. The molecule has 2 aromatic rings. The number of hydrogen-bond donors (Lipinski definition) is 0. The fraction of sp³-hybridized carbons (Fsp3) is 0.0833. The maximum atomic E-state index is 10.5. The van der Waals surface area contributed by atoms with Crippen molar-refractivity contribution < 1.29 is 4.79 Å². The van der Waals surface area contributed by atoms with Crippen LogP contribution in [-0.2, 0) is 0 Å². The Morgan fingerprint density at radius 1 is 1.21 bits per heavy atom. The normalized spacial score (nSPS) is 10.1. The molecule has 0 radical (unpaired) electrons. The van der Waals surface area contributed by atoms with Crippen LogP contribution in [-0.4, -0.2) is 10.9 Å². The summed E-state index contributed by atoms with van der Waals surface area (Å²) in [4.78, 5) is 10.5. The number of carbonyl (C=O) groups is 1. The van der Waals surface area contributed by atoms with Crippen LogP contribution in [0.25, 0.3) is 5.69 Å². The standard InChI is InChI=1S/C12H11NO/c1-10-4-2-3-5-12(10)13-7-6-11(8-13)9-14/h2-9H,1H3. The summed E-state index contributed by atoms with van der Waals surface area (Å²) >= 11 is 0. The Hall–Kier alpha value is -1.83. The molecule has 1 aromatic carbocycles. The van der Waals surface area contributed by atoms with Crippen LogP contribution in [0.1, 0.15) is 15.9 Å². The lowest BCUT2D eigenvalue weighted by Gasteiger charge is -2.05. The second kappa shape index (κ2) is 3.50. The number of aryl methyl sites for hydroxylation is 1. The Morgan fingerprint density at radius 2 is 2.00 bits per heavy atom. The summed E-state index contributed by atoms with van der Waals surface area (Å²) in [5.41, 5.74) is 3.01. The third-order valence-electron chi connectivity index (χ3n) is 2.25. The molecule has 0 fully saturated rings. The summed E-state index contributed by atoms with van der Waals surface area (Å²) in [6.45, 7) is 2.05. The highest BCUT2D eigenvalue weighted by molar-refractivity contribution is 5.74. The number of aldehydes is 1. The van der Waals surface area contributed by atoms with Gasteiger partial charge in [-0.2, -0.15) is 0 Å². The average molecular weight is 185 g/mol. The van der Waals surface area contributed by atoms with E-state index in [1.54, 1.807) is 6.07 Å². The number of benzene rings is 1. The van der Waals surface area contributed by atoms with Gasteiger partial charge < -0.3 is 4.57 Å². The highest BCUT2D eigenvalue weighted by Gasteiger charge is 2.00. The van der Waals surface area contributed by atoms with Gasteiger partial charge in [0, 0.05) is 23.6 Å². The highest BCUT2D eigenvalue weighted by atomic mass is 16.1. The monoisotopic (exact) mass is 185 g/mol. The van der Waals surface area contributed by atoms with Crippen LogP contribution in [0.15, 0.2) is 42.7 Å². The maximum Gasteiger partial charge on any atom is 0.151 e. The number of hydrogen-bond acceptors (Lipinski definition) is 1. The van der Waals surface area contributed by atoms with Crippen molar-refractivity contribution in [2.45, 2.75) is 6.92 Å². The van der Waals surface area contributed by atoms with Crippen molar-refractivity contribution in [1.82, 2.24) is 4.57 Å². The van der Waals surface area contributed by atoms with E-state index in [9.17, 15) is 4.79 Å². The van der Waals surface area contributed by atoms with E-state index in [0.717, 1.165) is 12.0 Å². The average Bonchev–Trinajstić information content (AvgIpc) is 2.67. The van der Waals surface area contributed by atoms with E-state index in [1.807, 2.05) is 35.2 Å². The maximum absolute atomic E-state index is 10.5. The zero-order valence-corrected chi connectivity index (χ0v) is 7.97. The van der Waals surface area contributed by atoms with Gasteiger partial charge in [0.05, 0.1) is 0 Å². The van der Waals surface area contributed by atoms with Crippen molar-refractivity contribution in [3.05, 3.63) is 53.9 Å². The van der Waals surface area contributed by atoms with E-state index in [0.29, 0.717) is 5.56 Å². The van der Waals surface area contributed by atoms with Crippen molar-refractivity contribution >= 4 is 6.29 Å². The Bertz CT molecular complexity index is 457. The minimum Gasteiger partial charge on any atom is -0.323 e. The van der Waals surface area contributed by atoms with Gasteiger partial charge in [-0.1, -0.05) is 18.2 Å². The summed E-state index contributed by atoms with van der Waals surface area (Å²) in [6, 6.07) is 9.88. The molecule has 2 nitrogen and oxygen atoms in total. The Labute approximate surface area is 82.8 Å². The van der Waals surface area contributed by atoms with Crippen LogP contribution in [0.3, 0.4) is 0 Å². The molecule has 0 bridgehead atoms.